The lowest BCUT2D eigenvalue weighted by Gasteiger charge is -2.10. The van der Waals surface area contributed by atoms with Crippen molar-refractivity contribution < 1.29 is 0 Å². The summed E-state index contributed by atoms with van der Waals surface area (Å²) in [7, 11) is 0. The Bertz CT molecular complexity index is 508. The van der Waals surface area contributed by atoms with Crippen molar-refractivity contribution in [1.29, 1.82) is 0 Å². The Hall–Kier alpha value is -0.870. The van der Waals surface area contributed by atoms with Crippen LogP contribution in [0.3, 0.4) is 0 Å². The van der Waals surface area contributed by atoms with E-state index in [0.29, 0.717) is 11.1 Å². The van der Waals surface area contributed by atoms with Crippen molar-refractivity contribution in [3.8, 4) is 11.4 Å². The SMILES string of the molecule is CC(C)n1cnnc1-c1ccc(Cl)c(Br)c1. The first kappa shape index (κ1) is 11.6. The molecule has 2 aromatic rings. The van der Waals surface area contributed by atoms with Gasteiger partial charge < -0.3 is 4.57 Å². The molecule has 5 heteroatoms. The molecule has 0 amide bonds. The number of hydrogen-bond acceptors (Lipinski definition) is 2. The van der Waals surface area contributed by atoms with E-state index in [2.05, 4.69) is 40.0 Å². The van der Waals surface area contributed by atoms with E-state index in [1.165, 1.54) is 0 Å². The highest BCUT2D eigenvalue weighted by molar-refractivity contribution is 9.10. The summed E-state index contributed by atoms with van der Waals surface area (Å²) < 4.78 is 2.89. The zero-order chi connectivity index (χ0) is 11.7. The molecule has 1 heterocycles. The highest BCUT2D eigenvalue weighted by Gasteiger charge is 2.10. The zero-order valence-electron chi connectivity index (χ0n) is 8.98. The van der Waals surface area contributed by atoms with Crippen LogP contribution in [0, 0.1) is 0 Å². The largest absolute Gasteiger partial charge is 0.311 e. The summed E-state index contributed by atoms with van der Waals surface area (Å²) in [6, 6.07) is 6.07. The quantitative estimate of drug-likeness (QED) is 0.841. The van der Waals surface area contributed by atoms with Crippen LogP contribution in [0.4, 0.5) is 0 Å². The van der Waals surface area contributed by atoms with E-state index in [4.69, 9.17) is 11.6 Å². The Morgan fingerprint density at radius 3 is 2.75 bits per heavy atom. The molecule has 3 nitrogen and oxygen atoms in total. The molecule has 0 aliphatic rings. The molecule has 0 unspecified atom stereocenters. The lowest BCUT2D eigenvalue weighted by atomic mass is 10.2. The van der Waals surface area contributed by atoms with Gasteiger partial charge in [0.1, 0.15) is 6.33 Å². The van der Waals surface area contributed by atoms with Gasteiger partial charge in [-0.3, -0.25) is 0 Å². The molecule has 16 heavy (non-hydrogen) atoms. The summed E-state index contributed by atoms with van der Waals surface area (Å²) in [5.74, 6) is 0.854. The lowest BCUT2D eigenvalue weighted by molar-refractivity contribution is 0.604. The molecule has 1 aromatic heterocycles. The fourth-order valence-electron chi connectivity index (χ4n) is 1.46. The van der Waals surface area contributed by atoms with Gasteiger partial charge in [0, 0.05) is 16.1 Å². The van der Waals surface area contributed by atoms with E-state index in [1.807, 2.05) is 22.8 Å². The van der Waals surface area contributed by atoms with Gasteiger partial charge in [0.25, 0.3) is 0 Å². The maximum absolute atomic E-state index is 5.95. The third-order valence-electron chi connectivity index (χ3n) is 2.31. The fourth-order valence-corrected chi connectivity index (χ4v) is 1.96. The average Bonchev–Trinajstić information content (AvgIpc) is 2.71. The molecule has 0 radical (unpaired) electrons. The molecule has 0 spiro atoms. The monoisotopic (exact) mass is 299 g/mol. The number of rotatable bonds is 2. The number of nitrogens with zero attached hydrogens (tertiary/aromatic N) is 3. The number of benzene rings is 1. The molecule has 0 atom stereocenters. The molecule has 0 N–H and O–H groups in total. The standard InChI is InChI=1S/C11H11BrClN3/c1-7(2)16-6-14-15-11(16)8-3-4-10(13)9(12)5-8/h3-7H,1-2H3. The maximum Gasteiger partial charge on any atom is 0.164 e. The molecule has 0 bridgehead atoms. The van der Waals surface area contributed by atoms with Crippen LogP contribution in [-0.4, -0.2) is 14.8 Å². The van der Waals surface area contributed by atoms with Crippen LogP contribution in [0.2, 0.25) is 5.02 Å². The first-order valence-electron chi connectivity index (χ1n) is 4.94. The summed E-state index contributed by atoms with van der Waals surface area (Å²) in [6.45, 7) is 4.19. The molecule has 0 saturated heterocycles. The third kappa shape index (κ3) is 2.13. The Labute approximate surface area is 108 Å². The minimum absolute atomic E-state index is 0.333. The second kappa shape index (κ2) is 4.55. The van der Waals surface area contributed by atoms with E-state index in [0.717, 1.165) is 15.9 Å². The summed E-state index contributed by atoms with van der Waals surface area (Å²) in [6.07, 6.45) is 1.74. The first-order chi connectivity index (χ1) is 7.59. The topological polar surface area (TPSA) is 30.7 Å². The van der Waals surface area contributed by atoms with Crippen molar-refractivity contribution in [2.24, 2.45) is 0 Å². The van der Waals surface area contributed by atoms with Gasteiger partial charge in [-0.1, -0.05) is 11.6 Å². The van der Waals surface area contributed by atoms with Gasteiger partial charge in [0.05, 0.1) is 5.02 Å². The minimum atomic E-state index is 0.333. The van der Waals surface area contributed by atoms with Crippen molar-refractivity contribution >= 4 is 27.5 Å². The number of aromatic nitrogens is 3. The predicted molar refractivity (Wildman–Crippen MR) is 68.6 cm³/mol. The molecule has 0 fully saturated rings. The van der Waals surface area contributed by atoms with Crippen LogP contribution >= 0.6 is 27.5 Å². The summed E-state index contributed by atoms with van der Waals surface area (Å²) >= 11 is 9.36. The van der Waals surface area contributed by atoms with Crippen molar-refractivity contribution in [2.75, 3.05) is 0 Å². The summed E-state index contributed by atoms with van der Waals surface area (Å²) in [5.41, 5.74) is 1.00. The van der Waals surface area contributed by atoms with Gasteiger partial charge >= 0.3 is 0 Å². The lowest BCUT2D eigenvalue weighted by Crippen LogP contribution is -2.01. The molecule has 2 rings (SSSR count). The molecular weight excluding hydrogens is 289 g/mol. The normalized spacial score (nSPS) is 11.1. The predicted octanol–water partition coefficient (Wildman–Crippen LogP) is 3.94. The molecule has 1 aromatic carbocycles. The van der Waals surface area contributed by atoms with E-state index < -0.39 is 0 Å². The average molecular weight is 301 g/mol. The van der Waals surface area contributed by atoms with E-state index in [-0.39, 0.29) is 0 Å². The third-order valence-corrected chi connectivity index (χ3v) is 3.52. The zero-order valence-corrected chi connectivity index (χ0v) is 11.3. The highest BCUT2D eigenvalue weighted by atomic mass is 79.9. The minimum Gasteiger partial charge on any atom is -0.311 e. The van der Waals surface area contributed by atoms with E-state index in [9.17, 15) is 0 Å². The van der Waals surface area contributed by atoms with Gasteiger partial charge in [0.15, 0.2) is 5.82 Å². The van der Waals surface area contributed by atoms with Crippen LogP contribution < -0.4 is 0 Å². The van der Waals surface area contributed by atoms with Gasteiger partial charge in [-0.15, -0.1) is 10.2 Å². The van der Waals surface area contributed by atoms with Crippen LogP contribution in [0.15, 0.2) is 29.0 Å². The van der Waals surface area contributed by atoms with Gasteiger partial charge in [-0.05, 0) is 48.0 Å². The second-order valence-corrected chi connectivity index (χ2v) is 5.05. The molecule has 0 saturated carbocycles. The molecule has 0 aliphatic carbocycles. The Morgan fingerprint density at radius 2 is 2.12 bits per heavy atom. The Morgan fingerprint density at radius 1 is 1.38 bits per heavy atom. The van der Waals surface area contributed by atoms with Crippen LogP contribution in [0.5, 0.6) is 0 Å². The molecular formula is C11H11BrClN3. The Kier molecular flexibility index (Phi) is 3.30. The summed E-state index contributed by atoms with van der Waals surface area (Å²) in [4.78, 5) is 0. The smallest absolute Gasteiger partial charge is 0.164 e. The number of hydrogen-bond donors (Lipinski definition) is 0. The van der Waals surface area contributed by atoms with E-state index in [1.54, 1.807) is 6.33 Å². The summed E-state index contributed by atoms with van der Waals surface area (Å²) in [5, 5.41) is 8.76. The first-order valence-corrected chi connectivity index (χ1v) is 6.11. The molecule has 0 aliphatic heterocycles. The van der Waals surface area contributed by atoms with Crippen LogP contribution in [0.25, 0.3) is 11.4 Å². The van der Waals surface area contributed by atoms with Crippen LogP contribution in [-0.2, 0) is 0 Å². The van der Waals surface area contributed by atoms with Crippen molar-refractivity contribution in [2.45, 2.75) is 19.9 Å². The molecule has 84 valence electrons. The van der Waals surface area contributed by atoms with Crippen molar-refractivity contribution in [1.82, 2.24) is 14.8 Å². The van der Waals surface area contributed by atoms with Crippen molar-refractivity contribution in [3.63, 3.8) is 0 Å². The number of halogens is 2. The van der Waals surface area contributed by atoms with Crippen LogP contribution in [0.1, 0.15) is 19.9 Å². The fraction of sp³-hybridized carbons (Fsp3) is 0.273. The Balaban J connectivity index is 2.50. The van der Waals surface area contributed by atoms with Gasteiger partial charge in [-0.2, -0.15) is 0 Å². The second-order valence-electron chi connectivity index (χ2n) is 3.78. The van der Waals surface area contributed by atoms with Gasteiger partial charge in [-0.25, -0.2) is 0 Å². The van der Waals surface area contributed by atoms with Crippen molar-refractivity contribution in [3.05, 3.63) is 34.0 Å². The highest BCUT2D eigenvalue weighted by Crippen LogP contribution is 2.28. The maximum atomic E-state index is 5.95. The van der Waals surface area contributed by atoms with Gasteiger partial charge in [0.2, 0.25) is 0 Å². The van der Waals surface area contributed by atoms with E-state index >= 15 is 0 Å².